The Morgan fingerprint density at radius 3 is 2.89 bits per heavy atom. The van der Waals surface area contributed by atoms with Crippen molar-refractivity contribution in [1.29, 1.82) is 0 Å². The second kappa shape index (κ2) is 5.43. The molecule has 1 saturated heterocycles. The molecule has 0 aromatic carbocycles. The van der Waals surface area contributed by atoms with Crippen LogP contribution in [0.15, 0.2) is 35.5 Å². The predicted molar refractivity (Wildman–Crippen MR) is 70.5 cm³/mol. The topological polar surface area (TPSA) is 63.6 Å². The average Bonchev–Trinajstić information content (AvgIpc) is 2.61. The summed E-state index contributed by atoms with van der Waals surface area (Å²) in [5, 5.41) is 9.19. The van der Waals surface area contributed by atoms with E-state index in [2.05, 4.69) is 12.7 Å². The van der Waals surface area contributed by atoms with Crippen LogP contribution >= 0.6 is 0 Å². The SMILES string of the molecule is C=C1C(=O)O[C@H]2C/C(C(=O)O)=C\CC/C(C)=C/C[C@H]12. The van der Waals surface area contributed by atoms with E-state index in [0.29, 0.717) is 24.0 Å². The van der Waals surface area contributed by atoms with Gasteiger partial charge in [-0.15, -0.1) is 0 Å². The van der Waals surface area contributed by atoms with Gasteiger partial charge in [-0.05, 0) is 26.2 Å². The van der Waals surface area contributed by atoms with Crippen LogP contribution < -0.4 is 0 Å². The van der Waals surface area contributed by atoms with Crippen molar-refractivity contribution in [3.05, 3.63) is 35.5 Å². The Kier molecular flexibility index (Phi) is 3.88. The Bertz CT molecular complexity index is 484. The third-order valence-electron chi connectivity index (χ3n) is 3.76. The molecule has 0 saturated carbocycles. The van der Waals surface area contributed by atoms with Crippen LogP contribution in [0.25, 0.3) is 0 Å². The predicted octanol–water partition coefficient (Wildman–Crippen LogP) is 2.62. The molecule has 0 unspecified atom stereocenters. The van der Waals surface area contributed by atoms with E-state index in [0.717, 1.165) is 6.42 Å². The van der Waals surface area contributed by atoms with E-state index >= 15 is 0 Å². The summed E-state index contributed by atoms with van der Waals surface area (Å²) in [6, 6.07) is 0. The fourth-order valence-corrected chi connectivity index (χ4v) is 2.53. The first-order chi connectivity index (χ1) is 8.99. The molecule has 102 valence electrons. The average molecular weight is 262 g/mol. The smallest absolute Gasteiger partial charge is 0.334 e. The maximum atomic E-state index is 11.6. The highest BCUT2D eigenvalue weighted by Gasteiger charge is 2.38. The minimum atomic E-state index is -0.936. The van der Waals surface area contributed by atoms with Crippen molar-refractivity contribution in [3.63, 3.8) is 0 Å². The number of esters is 1. The summed E-state index contributed by atoms with van der Waals surface area (Å²) in [4.78, 5) is 22.8. The number of hydrogen-bond donors (Lipinski definition) is 1. The molecule has 0 amide bonds. The zero-order valence-corrected chi connectivity index (χ0v) is 11.0. The molecule has 2 aliphatic rings. The van der Waals surface area contributed by atoms with Gasteiger partial charge in [0.15, 0.2) is 0 Å². The molecule has 4 nitrogen and oxygen atoms in total. The Morgan fingerprint density at radius 2 is 2.21 bits per heavy atom. The van der Waals surface area contributed by atoms with Gasteiger partial charge in [-0.3, -0.25) is 0 Å². The van der Waals surface area contributed by atoms with Crippen molar-refractivity contribution < 1.29 is 19.4 Å². The van der Waals surface area contributed by atoms with Gasteiger partial charge in [-0.25, -0.2) is 9.59 Å². The van der Waals surface area contributed by atoms with Gasteiger partial charge in [0, 0.05) is 23.5 Å². The van der Waals surface area contributed by atoms with Crippen LogP contribution in [0.2, 0.25) is 0 Å². The molecule has 0 bridgehead atoms. The molecular weight excluding hydrogens is 244 g/mol. The first-order valence-electron chi connectivity index (χ1n) is 6.46. The summed E-state index contributed by atoms with van der Waals surface area (Å²) in [6.07, 6.45) is 5.93. The Balaban J connectivity index is 2.29. The number of fused-ring (bicyclic) bond motifs is 1. The van der Waals surface area contributed by atoms with Crippen LogP contribution in [-0.4, -0.2) is 23.1 Å². The van der Waals surface area contributed by atoms with E-state index in [1.54, 1.807) is 6.08 Å². The number of carboxylic acids is 1. The molecule has 2 atom stereocenters. The van der Waals surface area contributed by atoms with Crippen molar-refractivity contribution in [2.24, 2.45) is 5.92 Å². The lowest BCUT2D eigenvalue weighted by Gasteiger charge is -2.18. The minimum absolute atomic E-state index is 0.108. The molecule has 0 aromatic heterocycles. The largest absolute Gasteiger partial charge is 0.478 e. The third-order valence-corrected chi connectivity index (χ3v) is 3.76. The van der Waals surface area contributed by atoms with Gasteiger partial charge in [-0.2, -0.15) is 0 Å². The van der Waals surface area contributed by atoms with Crippen LogP contribution in [-0.2, 0) is 14.3 Å². The Hall–Kier alpha value is -1.84. The molecular formula is C15H18O4. The van der Waals surface area contributed by atoms with Crippen LogP contribution in [0.3, 0.4) is 0 Å². The summed E-state index contributed by atoms with van der Waals surface area (Å²) in [5.41, 5.74) is 1.99. The second-order valence-corrected chi connectivity index (χ2v) is 5.14. The molecule has 1 heterocycles. The zero-order valence-electron chi connectivity index (χ0n) is 11.0. The second-order valence-electron chi connectivity index (χ2n) is 5.14. The number of carboxylic acid groups (broad SMARTS) is 1. The first-order valence-corrected chi connectivity index (χ1v) is 6.46. The van der Waals surface area contributed by atoms with Gasteiger partial charge in [-0.1, -0.05) is 24.3 Å². The fourth-order valence-electron chi connectivity index (χ4n) is 2.53. The van der Waals surface area contributed by atoms with Gasteiger partial charge in [0.1, 0.15) is 6.10 Å². The van der Waals surface area contributed by atoms with Crippen molar-refractivity contribution >= 4 is 11.9 Å². The van der Waals surface area contributed by atoms with Crippen LogP contribution in [0, 0.1) is 5.92 Å². The molecule has 4 heteroatoms. The van der Waals surface area contributed by atoms with Crippen LogP contribution in [0.4, 0.5) is 0 Å². The number of hydrogen-bond acceptors (Lipinski definition) is 3. The Labute approximate surface area is 112 Å². The fraction of sp³-hybridized carbons (Fsp3) is 0.467. The summed E-state index contributed by atoms with van der Waals surface area (Å²) in [5.74, 6) is -1.44. The number of carbonyl (C=O) groups is 2. The molecule has 19 heavy (non-hydrogen) atoms. The molecule has 2 rings (SSSR count). The van der Waals surface area contributed by atoms with E-state index in [1.807, 2.05) is 6.92 Å². The van der Waals surface area contributed by atoms with Crippen molar-refractivity contribution in [2.45, 2.75) is 38.7 Å². The summed E-state index contributed by atoms with van der Waals surface area (Å²) < 4.78 is 5.25. The van der Waals surface area contributed by atoms with Crippen molar-refractivity contribution in [3.8, 4) is 0 Å². The molecule has 0 spiro atoms. The molecule has 1 aliphatic carbocycles. The van der Waals surface area contributed by atoms with Crippen LogP contribution in [0.1, 0.15) is 32.6 Å². The Morgan fingerprint density at radius 1 is 1.47 bits per heavy atom. The molecule has 0 radical (unpaired) electrons. The minimum Gasteiger partial charge on any atom is -0.478 e. The van der Waals surface area contributed by atoms with E-state index in [1.165, 1.54) is 5.57 Å². The number of allylic oxidation sites excluding steroid dienone is 3. The van der Waals surface area contributed by atoms with Crippen molar-refractivity contribution in [1.82, 2.24) is 0 Å². The molecule has 0 aromatic rings. The lowest BCUT2D eigenvalue weighted by molar-refractivity contribution is -0.140. The number of ether oxygens (including phenoxy) is 1. The maximum absolute atomic E-state index is 11.6. The summed E-state index contributed by atoms with van der Waals surface area (Å²) in [7, 11) is 0. The monoisotopic (exact) mass is 262 g/mol. The highest BCUT2D eigenvalue weighted by molar-refractivity contribution is 5.91. The lowest BCUT2D eigenvalue weighted by Crippen LogP contribution is -2.20. The van der Waals surface area contributed by atoms with Crippen molar-refractivity contribution in [2.75, 3.05) is 0 Å². The molecule has 1 fully saturated rings. The molecule has 1 aliphatic heterocycles. The highest BCUT2D eigenvalue weighted by atomic mass is 16.6. The van der Waals surface area contributed by atoms with Gasteiger partial charge in [0.25, 0.3) is 0 Å². The van der Waals surface area contributed by atoms with Gasteiger partial charge in [0.05, 0.1) is 0 Å². The summed E-state index contributed by atoms with van der Waals surface area (Å²) in [6.45, 7) is 5.79. The van der Waals surface area contributed by atoms with Gasteiger partial charge >= 0.3 is 11.9 Å². The molecule has 1 N–H and O–H groups in total. The zero-order chi connectivity index (χ0) is 14.0. The van der Waals surface area contributed by atoms with E-state index < -0.39 is 18.0 Å². The highest BCUT2D eigenvalue weighted by Crippen LogP contribution is 2.34. The normalized spacial score (nSPS) is 33.5. The number of aliphatic carboxylic acids is 1. The van der Waals surface area contributed by atoms with Gasteiger partial charge in [0.2, 0.25) is 0 Å². The first kappa shape index (κ1) is 13.6. The number of rotatable bonds is 1. The maximum Gasteiger partial charge on any atom is 0.334 e. The van der Waals surface area contributed by atoms with E-state index in [9.17, 15) is 14.7 Å². The summed E-state index contributed by atoms with van der Waals surface area (Å²) >= 11 is 0. The standard InChI is InChI=1S/C15H18O4/c1-9-4-3-5-11(14(16)17)8-13-12(7-6-9)10(2)15(18)19-13/h5-6,12-13H,2-4,7-8H2,1H3,(H,16,17)/b9-6+,11-5+/t12-,13+/m1/s1. The van der Waals surface area contributed by atoms with E-state index in [-0.39, 0.29) is 12.3 Å². The third kappa shape index (κ3) is 2.95. The van der Waals surface area contributed by atoms with E-state index in [4.69, 9.17) is 4.74 Å². The lowest BCUT2D eigenvalue weighted by atomic mass is 9.87. The quantitative estimate of drug-likeness (QED) is 0.448. The number of carbonyl (C=O) groups excluding carboxylic acids is 1. The van der Waals surface area contributed by atoms with Gasteiger partial charge < -0.3 is 9.84 Å². The van der Waals surface area contributed by atoms with Crippen LogP contribution in [0.5, 0.6) is 0 Å².